The summed E-state index contributed by atoms with van der Waals surface area (Å²) in [4.78, 5) is 8.06. The van der Waals surface area contributed by atoms with E-state index in [0.29, 0.717) is 0 Å². The molecule has 1 fully saturated rings. The fourth-order valence-electron chi connectivity index (χ4n) is 1.96. The van der Waals surface area contributed by atoms with Crippen molar-refractivity contribution in [2.24, 2.45) is 11.7 Å². The summed E-state index contributed by atoms with van der Waals surface area (Å²) >= 11 is 1.74. The molecule has 2 rings (SSSR count). The fourth-order valence-corrected chi connectivity index (χ4v) is 2.90. The zero-order valence-electron chi connectivity index (χ0n) is 10.1. The number of hydrogen-bond acceptors (Lipinski definition) is 4. The summed E-state index contributed by atoms with van der Waals surface area (Å²) in [7, 11) is 0. The number of hydrogen-bond donors (Lipinski definition) is 1. The number of thiazole rings is 1. The Morgan fingerprint density at radius 3 is 2.81 bits per heavy atom. The first-order chi connectivity index (χ1) is 7.70. The summed E-state index contributed by atoms with van der Waals surface area (Å²) in [5.74, 6) is 0.891. The molecule has 1 aromatic rings. The molecule has 1 aliphatic carbocycles. The Kier molecular flexibility index (Phi) is 3.82. The minimum absolute atomic E-state index is 0.105. The van der Waals surface area contributed by atoms with E-state index in [1.807, 2.05) is 13.1 Å². The summed E-state index contributed by atoms with van der Waals surface area (Å²) in [6.45, 7) is 6.43. The summed E-state index contributed by atoms with van der Waals surface area (Å²) < 4.78 is 0. The van der Waals surface area contributed by atoms with Crippen molar-refractivity contribution in [2.75, 3.05) is 18.0 Å². The third kappa shape index (κ3) is 2.55. The van der Waals surface area contributed by atoms with Crippen molar-refractivity contribution >= 4 is 16.5 Å². The molecule has 16 heavy (non-hydrogen) atoms. The number of nitrogens with zero attached hydrogens (tertiary/aromatic N) is 2. The maximum absolute atomic E-state index is 5.86. The Hall–Kier alpha value is -0.610. The van der Waals surface area contributed by atoms with Crippen LogP contribution in [0.3, 0.4) is 0 Å². The third-order valence-electron chi connectivity index (χ3n) is 3.32. The molecule has 4 heteroatoms. The van der Waals surface area contributed by atoms with Gasteiger partial charge in [-0.15, -0.1) is 11.3 Å². The summed E-state index contributed by atoms with van der Waals surface area (Å²) in [6, 6.07) is 0.105. The van der Waals surface area contributed by atoms with Crippen LogP contribution in [0.15, 0.2) is 6.20 Å². The average Bonchev–Trinajstić information content (AvgIpc) is 2.65. The van der Waals surface area contributed by atoms with Gasteiger partial charge in [0.15, 0.2) is 5.13 Å². The monoisotopic (exact) mass is 239 g/mol. The highest BCUT2D eigenvalue weighted by Gasteiger charge is 2.21. The van der Waals surface area contributed by atoms with Crippen LogP contribution in [0, 0.1) is 5.92 Å². The van der Waals surface area contributed by atoms with Crippen molar-refractivity contribution in [2.45, 2.75) is 39.2 Å². The van der Waals surface area contributed by atoms with E-state index in [4.69, 9.17) is 5.73 Å². The Labute approximate surface area is 102 Å². The van der Waals surface area contributed by atoms with Crippen molar-refractivity contribution in [3.05, 3.63) is 11.1 Å². The average molecular weight is 239 g/mol. The van der Waals surface area contributed by atoms with Gasteiger partial charge >= 0.3 is 0 Å². The van der Waals surface area contributed by atoms with Crippen LogP contribution < -0.4 is 10.6 Å². The van der Waals surface area contributed by atoms with Crippen molar-refractivity contribution in [1.29, 1.82) is 0 Å². The molecule has 1 heterocycles. The topological polar surface area (TPSA) is 42.2 Å². The first kappa shape index (κ1) is 11.9. The van der Waals surface area contributed by atoms with Crippen molar-refractivity contribution in [1.82, 2.24) is 4.98 Å². The normalized spacial score (nSPS) is 18.2. The van der Waals surface area contributed by atoms with Crippen LogP contribution >= 0.6 is 11.3 Å². The van der Waals surface area contributed by atoms with Crippen LogP contribution in [0.4, 0.5) is 5.13 Å². The lowest BCUT2D eigenvalue weighted by Gasteiger charge is -2.31. The fraction of sp³-hybridized carbons (Fsp3) is 0.750. The van der Waals surface area contributed by atoms with Crippen LogP contribution in [0.1, 0.15) is 44.0 Å². The van der Waals surface area contributed by atoms with E-state index in [0.717, 1.165) is 17.6 Å². The Morgan fingerprint density at radius 2 is 2.38 bits per heavy atom. The molecule has 0 saturated heterocycles. The van der Waals surface area contributed by atoms with E-state index in [-0.39, 0.29) is 6.04 Å². The molecule has 90 valence electrons. The second-order valence-electron chi connectivity index (χ2n) is 4.67. The number of rotatable bonds is 5. The Balaban J connectivity index is 2.00. The van der Waals surface area contributed by atoms with Gasteiger partial charge in [-0.3, -0.25) is 0 Å². The predicted octanol–water partition coefficient (Wildman–Crippen LogP) is 2.79. The second kappa shape index (κ2) is 5.15. The van der Waals surface area contributed by atoms with Gasteiger partial charge in [0, 0.05) is 30.2 Å². The van der Waals surface area contributed by atoms with E-state index in [9.17, 15) is 0 Å². The molecule has 1 saturated carbocycles. The van der Waals surface area contributed by atoms with E-state index in [1.54, 1.807) is 11.3 Å². The molecule has 3 nitrogen and oxygen atoms in total. The Morgan fingerprint density at radius 1 is 1.62 bits per heavy atom. The molecule has 1 aromatic heterocycles. The highest BCUT2D eigenvalue weighted by Crippen LogP contribution is 2.31. The van der Waals surface area contributed by atoms with Gasteiger partial charge in [0.1, 0.15) is 0 Å². The van der Waals surface area contributed by atoms with E-state index in [2.05, 4.69) is 16.8 Å². The third-order valence-corrected chi connectivity index (χ3v) is 4.57. The van der Waals surface area contributed by atoms with Crippen LogP contribution in [0.2, 0.25) is 0 Å². The van der Waals surface area contributed by atoms with Gasteiger partial charge in [-0.1, -0.05) is 6.42 Å². The highest BCUT2D eigenvalue weighted by molar-refractivity contribution is 7.15. The lowest BCUT2D eigenvalue weighted by Crippen LogP contribution is -2.32. The van der Waals surface area contributed by atoms with Crippen molar-refractivity contribution in [3.63, 3.8) is 0 Å². The van der Waals surface area contributed by atoms with E-state index in [1.165, 1.54) is 30.7 Å². The largest absolute Gasteiger partial charge is 0.348 e. The molecule has 2 N–H and O–H groups in total. The summed E-state index contributed by atoms with van der Waals surface area (Å²) in [5.41, 5.74) is 5.86. The summed E-state index contributed by atoms with van der Waals surface area (Å²) in [6.07, 6.45) is 6.11. The van der Waals surface area contributed by atoms with Gasteiger partial charge in [0.2, 0.25) is 0 Å². The maximum Gasteiger partial charge on any atom is 0.185 e. The van der Waals surface area contributed by atoms with Gasteiger partial charge in [-0.2, -0.15) is 0 Å². The van der Waals surface area contributed by atoms with Crippen LogP contribution in [0.25, 0.3) is 0 Å². The molecule has 1 atom stereocenters. The molecular formula is C12H21N3S. The zero-order valence-corrected chi connectivity index (χ0v) is 11.0. The van der Waals surface area contributed by atoms with Gasteiger partial charge in [0.25, 0.3) is 0 Å². The lowest BCUT2D eigenvalue weighted by atomic mass is 9.85. The van der Waals surface area contributed by atoms with Gasteiger partial charge in [-0.25, -0.2) is 4.98 Å². The van der Waals surface area contributed by atoms with Gasteiger partial charge in [0.05, 0.1) is 0 Å². The SMILES string of the molecule is CCN(CC1CCC1)c1ncc(C(C)N)s1. The zero-order chi connectivity index (χ0) is 11.5. The van der Waals surface area contributed by atoms with Crippen LogP contribution in [-0.2, 0) is 0 Å². The predicted molar refractivity (Wildman–Crippen MR) is 69.9 cm³/mol. The minimum Gasteiger partial charge on any atom is -0.348 e. The minimum atomic E-state index is 0.105. The number of anilines is 1. The molecule has 1 unspecified atom stereocenters. The molecular weight excluding hydrogens is 218 g/mol. The number of nitrogens with two attached hydrogens (primary N) is 1. The second-order valence-corrected chi connectivity index (χ2v) is 5.71. The molecule has 0 aromatic carbocycles. The standard InChI is InChI=1S/C12H21N3S/c1-3-15(8-10-5-4-6-10)12-14-7-11(16-12)9(2)13/h7,9-10H,3-6,8,13H2,1-2H3. The first-order valence-electron chi connectivity index (χ1n) is 6.17. The highest BCUT2D eigenvalue weighted by atomic mass is 32.1. The molecule has 0 radical (unpaired) electrons. The first-order valence-corrected chi connectivity index (χ1v) is 6.98. The quantitative estimate of drug-likeness (QED) is 0.859. The smallest absolute Gasteiger partial charge is 0.185 e. The van der Waals surface area contributed by atoms with Gasteiger partial charge < -0.3 is 10.6 Å². The van der Waals surface area contributed by atoms with Crippen molar-refractivity contribution in [3.8, 4) is 0 Å². The number of aromatic nitrogens is 1. The van der Waals surface area contributed by atoms with Crippen molar-refractivity contribution < 1.29 is 0 Å². The van der Waals surface area contributed by atoms with Crippen LogP contribution in [-0.4, -0.2) is 18.1 Å². The van der Waals surface area contributed by atoms with Crippen LogP contribution in [0.5, 0.6) is 0 Å². The summed E-state index contributed by atoms with van der Waals surface area (Å²) in [5, 5.41) is 1.14. The molecule has 0 aliphatic heterocycles. The Bertz CT molecular complexity index is 331. The van der Waals surface area contributed by atoms with E-state index < -0.39 is 0 Å². The molecule has 0 bridgehead atoms. The molecule has 0 amide bonds. The van der Waals surface area contributed by atoms with E-state index >= 15 is 0 Å². The maximum atomic E-state index is 5.86. The molecule has 0 spiro atoms. The van der Waals surface area contributed by atoms with Gasteiger partial charge in [-0.05, 0) is 32.6 Å². The lowest BCUT2D eigenvalue weighted by molar-refractivity contribution is 0.318. The molecule has 1 aliphatic rings.